The van der Waals surface area contributed by atoms with Crippen LogP contribution in [0.1, 0.15) is 27.0 Å². The third-order valence-electron chi connectivity index (χ3n) is 6.22. The monoisotopic (exact) mass is 574 g/mol. The van der Waals surface area contributed by atoms with Gasteiger partial charge in [0.25, 0.3) is 10.1 Å². The Balaban J connectivity index is 1.57. The summed E-state index contributed by atoms with van der Waals surface area (Å²) in [5, 5.41) is 35.9. The minimum absolute atomic E-state index is 0.0392. The van der Waals surface area contributed by atoms with Gasteiger partial charge in [0.15, 0.2) is 0 Å². The fourth-order valence-corrected chi connectivity index (χ4v) is 4.63. The van der Waals surface area contributed by atoms with E-state index in [9.17, 15) is 28.0 Å². The van der Waals surface area contributed by atoms with E-state index >= 15 is 0 Å². The lowest BCUT2D eigenvalue weighted by molar-refractivity contribution is 0.0693. The average Bonchev–Trinajstić information content (AvgIpc) is 2.89. The molecule has 41 heavy (non-hydrogen) atoms. The number of hydrogen-bond acceptors (Lipinski definition) is 10. The Labute approximate surface area is 235 Å². The lowest BCUT2D eigenvalue weighted by Gasteiger charge is -2.08. The third-order valence-corrected chi connectivity index (χ3v) is 7.13. The van der Waals surface area contributed by atoms with Crippen LogP contribution in [0.15, 0.2) is 86.0 Å². The number of benzene rings is 4. The number of carboxylic acid groups (broad SMARTS) is 1. The molecule has 0 atom stereocenters. The van der Waals surface area contributed by atoms with Gasteiger partial charge in [-0.05, 0) is 97.1 Å². The number of rotatable bonds is 7. The Morgan fingerprint density at radius 1 is 0.707 bits per heavy atom. The van der Waals surface area contributed by atoms with Gasteiger partial charge in [-0.2, -0.15) is 23.8 Å². The minimum Gasteiger partial charge on any atom is -0.507 e. The smallest absolute Gasteiger partial charge is 0.339 e. The van der Waals surface area contributed by atoms with Crippen molar-refractivity contribution in [2.75, 3.05) is 11.5 Å². The van der Waals surface area contributed by atoms with Crippen molar-refractivity contribution in [2.45, 2.75) is 25.7 Å². The van der Waals surface area contributed by atoms with E-state index in [4.69, 9.17) is 11.5 Å². The number of nitrogens with two attached hydrogens (primary N) is 2. The lowest BCUT2D eigenvalue weighted by atomic mass is 10.0. The van der Waals surface area contributed by atoms with Crippen molar-refractivity contribution in [2.24, 2.45) is 20.5 Å². The molecule has 210 valence electrons. The SMILES string of the molecule is Cc1cc(-c2ccc(N=Nc3cc(S(=O)(=O)O)c(N)cc3N)c(C)c2)ccc1N=Nc1cc(C)c(O)c(C(=O)O)c1. The minimum atomic E-state index is -4.56. The molecule has 0 heterocycles. The van der Waals surface area contributed by atoms with Crippen LogP contribution in [0.3, 0.4) is 0 Å². The number of nitrogen functional groups attached to an aromatic ring is 2. The second-order valence-electron chi connectivity index (χ2n) is 9.29. The molecular weight excluding hydrogens is 548 g/mol. The summed E-state index contributed by atoms with van der Waals surface area (Å²) in [5.74, 6) is -1.56. The number of anilines is 2. The second kappa shape index (κ2) is 11.2. The quantitative estimate of drug-likeness (QED) is 0.0884. The highest BCUT2D eigenvalue weighted by Gasteiger charge is 2.17. The molecule has 0 fully saturated rings. The number of nitrogens with zero attached hydrogens (tertiary/aromatic N) is 4. The van der Waals surface area contributed by atoms with Gasteiger partial charge < -0.3 is 21.7 Å². The van der Waals surface area contributed by atoms with Gasteiger partial charge in [-0.25, -0.2) is 4.79 Å². The summed E-state index contributed by atoms with van der Waals surface area (Å²) >= 11 is 0. The maximum Gasteiger partial charge on any atom is 0.339 e. The number of hydrogen-bond donors (Lipinski definition) is 5. The molecular formula is C28H26N6O6S. The van der Waals surface area contributed by atoms with Crippen molar-refractivity contribution in [3.63, 3.8) is 0 Å². The first-order valence-corrected chi connectivity index (χ1v) is 13.5. The fourth-order valence-electron chi connectivity index (χ4n) is 4.01. The second-order valence-corrected chi connectivity index (χ2v) is 10.7. The van der Waals surface area contributed by atoms with Gasteiger partial charge in [-0.3, -0.25) is 4.55 Å². The van der Waals surface area contributed by atoms with Crippen molar-refractivity contribution < 1.29 is 28.0 Å². The van der Waals surface area contributed by atoms with E-state index in [2.05, 4.69) is 20.5 Å². The summed E-state index contributed by atoms with van der Waals surface area (Å²) in [6.45, 7) is 5.30. The first-order chi connectivity index (χ1) is 19.2. The van der Waals surface area contributed by atoms with Gasteiger partial charge in [0.05, 0.1) is 28.4 Å². The molecule has 0 aliphatic heterocycles. The van der Waals surface area contributed by atoms with Crippen LogP contribution in [-0.4, -0.2) is 29.2 Å². The Morgan fingerprint density at radius 2 is 1.24 bits per heavy atom. The van der Waals surface area contributed by atoms with Crippen LogP contribution in [0.2, 0.25) is 0 Å². The molecule has 4 aromatic carbocycles. The van der Waals surface area contributed by atoms with E-state index in [0.29, 0.717) is 22.6 Å². The van der Waals surface area contributed by atoms with Gasteiger partial charge in [0.1, 0.15) is 21.9 Å². The van der Waals surface area contributed by atoms with Crippen LogP contribution in [0.5, 0.6) is 5.75 Å². The molecule has 13 heteroatoms. The van der Waals surface area contributed by atoms with E-state index in [1.165, 1.54) is 12.1 Å². The number of aromatic hydroxyl groups is 1. The zero-order valence-electron chi connectivity index (χ0n) is 22.2. The Morgan fingerprint density at radius 3 is 1.76 bits per heavy atom. The van der Waals surface area contributed by atoms with Crippen LogP contribution in [-0.2, 0) is 10.1 Å². The van der Waals surface area contributed by atoms with Crippen LogP contribution >= 0.6 is 0 Å². The summed E-state index contributed by atoms with van der Waals surface area (Å²) in [5.41, 5.74) is 16.4. The molecule has 0 spiro atoms. The Bertz CT molecular complexity index is 1870. The molecule has 0 saturated heterocycles. The Hall–Kier alpha value is -5.14. The largest absolute Gasteiger partial charge is 0.507 e. The van der Waals surface area contributed by atoms with Crippen LogP contribution in [0.25, 0.3) is 11.1 Å². The predicted octanol–water partition coefficient (Wildman–Crippen LogP) is 6.92. The third kappa shape index (κ3) is 6.37. The molecule has 0 unspecified atom stereocenters. The van der Waals surface area contributed by atoms with Crippen LogP contribution in [0, 0.1) is 20.8 Å². The standard InChI is InChI=1S/C28H26N6O6S/c1-14-8-17(4-6-23(14)32-31-19-10-16(3)27(35)20(11-19)28(36)37)18-5-7-24(15(2)9-18)33-34-25-13-26(41(38,39)40)22(30)12-21(25)29/h4-13,35H,29-30H2,1-3H3,(H,36,37)(H,38,39,40). The van der Waals surface area contributed by atoms with Gasteiger partial charge in [0.2, 0.25) is 0 Å². The average molecular weight is 575 g/mol. The molecule has 12 nitrogen and oxygen atoms in total. The highest BCUT2D eigenvalue weighted by molar-refractivity contribution is 7.86. The van der Waals surface area contributed by atoms with E-state index in [1.807, 2.05) is 38.1 Å². The number of aryl methyl sites for hydroxylation is 3. The number of aromatic carboxylic acids is 1. The first-order valence-electron chi connectivity index (χ1n) is 12.0. The van der Waals surface area contributed by atoms with Gasteiger partial charge in [-0.1, -0.05) is 12.1 Å². The zero-order valence-corrected chi connectivity index (χ0v) is 23.0. The van der Waals surface area contributed by atoms with Crippen molar-refractivity contribution in [1.29, 1.82) is 0 Å². The highest BCUT2D eigenvalue weighted by atomic mass is 32.2. The number of phenols is 1. The summed E-state index contributed by atoms with van der Waals surface area (Å²) in [7, 11) is -4.56. The lowest BCUT2D eigenvalue weighted by Crippen LogP contribution is -2.04. The molecule has 7 N–H and O–H groups in total. The predicted molar refractivity (Wildman–Crippen MR) is 155 cm³/mol. The molecule has 0 aliphatic rings. The van der Waals surface area contributed by atoms with Crippen molar-refractivity contribution in [3.8, 4) is 16.9 Å². The molecule has 4 aromatic rings. The normalized spacial score (nSPS) is 11.9. The molecule has 0 aromatic heterocycles. The van der Waals surface area contributed by atoms with E-state index in [1.54, 1.807) is 25.1 Å². The number of azo groups is 2. The molecule has 0 amide bonds. The zero-order chi connectivity index (χ0) is 30.1. The van der Waals surface area contributed by atoms with Crippen LogP contribution < -0.4 is 11.5 Å². The van der Waals surface area contributed by atoms with Crippen molar-refractivity contribution >= 4 is 50.2 Å². The molecule has 0 bridgehead atoms. The number of carbonyl (C=O) groups is 1. The summed E-state index contributed by atoms with van der Waals surface area (Å²) in [6, 6.07) is 16.2. The van der Waals surface area contributed by atoms with Gasteiger partial charge in [0, 0.05) is 0 Å². The Kier molecular flexibility index (Phi) is 7.85. The molecule has 0 radical (unpaired) electrons. The maximum atomic E-state index is 11.5. The van der Waals surface area contributed by atoms with Crippen molar-refractivity contribution in [1.82, 2.24) is 0 Å². The molecule has 4 rings (SSSR count). The van der Waals surface area contributed by atoms with E-state index in [0.717, 1.165) is 28.3 Å². The molecule has 0 saturated carbocycles. The van der Waals surface area contributed by atoms with Gasteiger partial charge >= 0.3 is 5.97 Å². The number of carboxylic acids is 1. The first kappa shape index (κ1) is 28.9. The summed E-state index contributed by atoms with van der Waals surface area (Å²) < 4.78 is 32.5. The van der Waals surface area contributed by atoms with Gasteiger partial charge in [-0.15, -0.1) is 5.11 Å². The molecule has 0 aliphatic carbocycles. The fraction of sp³-hybridized carbons (Fsp3) is 0.107. The summed E-state index contributed by atoms with van der Waals surface area (Å²) in [4.78, 5) is 10.9. The van der Waals surface area contributed by atoms with E-state index in [-0.39, 0.29) is 28.4 Å². The summed E-state index contributed by atoms with van der Waals surface area (Å²) in [6.07, 6.45) is 0. The topological polar surface area (TPSA) is 213 Å². The van der Waals surface area contributed by atoms with Crippen molar-refractivity contribution in [3.05, 3.63) is 82.9 Å². The highest BCUT2D eigenvalue weighted by Crippen LogP contribution is 2.35. The van der Waals surface area contributed by atoms with Crippen LogP contribution in [0.4, 0.5) is 34.1 Å². The van der Waals surface area contributed by atoms with E-state index < -0.39 is 21.0 Å². The maximum absolute atomic E-state index is 11.5.